The lowest BCUT2D eigenvalue weighted by molar-refractivity contribution is 0.559. The van der Waals surface area contributed by atoms with Crippen molar-refractivity contribution in [3.05, 3.63) is 114 Å². The molecule has 0 saturated carbocycles. The van der Waals surface area contributed by atoms with Crippen molar-refractivity contribution >= 4 is 17.0 Å². The maximum atomic E-state index is 4.93. The van der Waals surface area contributed by atoms with Crippen molar-refractivity contribution in [2.24, 2.45) is 4.99 Å². The van der Waals surface area contributed by atoms with Crippen LogP contribution in [0.1, 0.15) is 6.42 Å². The number of hydrogen-bond donors (Lipinski definition) is 0. The molecule has 0 unspecified atom stereocenters. The van der Waals surface area contributed by atoms with E-state index in [1.165, 1.54) is 22.4 Å². The zero-order valence-corrected chi connectivity index (χ0v) is 18.5. The zero-order chi connectivity index (χ0) is 21.6. The highest BCUT2D eigenvalue weighted by molar-refractivity contribution is 7.07. The van der Waals surface area contributed by atoms with E-state index in [0.29, 0.717) is 0 Å². The largest absolute Gasteiger partial charge is 0.337 e. The number of benzene rings is 3. The van der Waals surface area contributed by atoms with Crippen molar-refractivity contribution in [1.82, 2.24) is 14.1 Å². The first-order valence-corrected chi connectivity index (χ1v) is 11.6. The maximum Gasteiger partial charge on any atom is 0.190 e. The summed E-state index contributed by atoms with van der Waals surface area (Å²) in [7, 11) is 0. The van der Waals surface area contributed by atoms with E-state index in [-0.39, 0.29) is 0 Å². The Morgan fingerprint density at radius 3 is 2.16 bits per heavy atom. The van der Waals surface area contributed by atoms with Crippen LogP contribution in [0.2, 0.25) is 0 Å². The molecule has 0 fully saturated rings. The van der Waals surface area contributed by atoms with Gasteiger partial charge < -0.3 is 9.13 Å². The van der Waals surface area contributed by atoms with Gasteiger partial charge in [-0.2, -0.15) is 0 Å². The van der Waals surface area contributed by atoms with Gasteiger partial charge in [0.15, 0.2) is 4.80 Å². The molecular formula is C27H24N4S. The monoisotopic (exact) mass is 436 g/mol. The molecule has 2 heterocycles. The fraction of sp³-hybridized carbons (Fsp3) is 0.111. The van der Waals surface area contributed by atoms with Crippen LogP contribution < -0.4 is 4.80 Å². The Labute approximate surface area is 191 Å². The Morgan fingerprint density at radius 2 is 1.44 bits per heavy atom. The molecular weight excluding hydrogens is 412 g/mol. The summed E-state index contributed by atoms with van der Waals surface area (Å²) < 4.78 is 4.46. The van der Waals surface area contributed by atoms with Crippen LogP contribution in [0.3, 0.4) is 0 Å². The number of aryl methyl sites for hydroxylation is 1. The normalized spacial score (nSPS) is 11.7. The molecule has 5 heteroatoms. The van der Waals surface area contributed by atoms with Crippen molar-refractivity contribution in [2.75, 3.05) is 0 Å². The van der Waals surface area contributed by atoms with Gasteiger partial charge in [0.1, 0.15) is 0 Å². The highest BCUT2D eigenvalue weighted by atomic mass is 32.1. The van der Waals surface area contributed by atoms with Crippen LogP contribution in [0.5, 0.6) is 0 Å². The second kappa shape index (κ2) is 9.62. The number of thiazole rings is 1. The molecule has 5 aromatic rings. The molecule has 3 aromatic carbocycles. The lowest BCUT2D eigenvalue weighted by atomic mass is 10.0. The van der Waals surface area contributed by atoms with Crippen LogP contribution >= 0.6 is 11.3 Å². The molecule has 0 aliphatic rings. The predicted octanol–water partition coefficient (Wildman–Crippen LogP) is 6.40. The average molecular weight is 437 g/mol. The fourth-order valence-corrected chi connectivity index (χ4v) is 4.73. The molecule has 32 heavy (non-hydrogen) atoms. The Balaban J connectivity index is 1.47. The Morgan fingerprint density at radius 1 is 0.750 bits per heavy atom. The van der Waals surface area contributed by atoms with Gasteiger partial charge >= 0.3 is 0 Å². The van der Waals surface area contributed by atoms with Gasteiger partial charge in [0, 0.05) is 30.9 Å². The number of aromatic nitrogens is 3. The molecule has 158 valence electrons. The molecule has 0 aliphatic carbocycles. The quantitative estimate of drug-likeness (QED) is 0.291. The topological polar surface area (TPSA) is 35.1 Å². The van der Waals surface area contributed by atoms with Crippen LogP contribution in [0.25, 0.3) is 22.4 Å². The molecule has 0 radical (unpaired) electrons. The zero-order valence-electron chi connectivity index (χ0n) is 17.7. The second-order valence-electron chi connectivity index (χ2n) is 7.60. The third-order valence-corrected chi connectivity index (χ3v) is 6.29. The molecule has 0 aliphatic heterocycles. The van der Waals surface area contributed by atoms with Gasteiger partial charge in [0.25, 0.3) is 0 Å². The van der Waals surface area contributed by atoms with Gasteiger partial charge in [-0.05, 0) is 35.2 Å². The molecule has 2 aromatic heterocycles. The van der Waals surface area contributed by atoms with Crippen molar-refractivity contribution in [3.63, 3.8) is 0 Å². The number of rotatable bonds is 7. The van der Waals surface area contributed by atoms with Gasteiger partial charge in [-0.1, -0.05) is 72.8 Å². The van der Waals surface area contributed by atoms with Gasteiger partial charge in [-0.3, -0.25) is 0 Å². The van der Waals surface area contributed by atoms with Crippen molar-refractivity contribution in [1.29, 1.82) is 0 Å². The summed E-state index contributed by atoms with van der Waals surface area (Å²) in [4.78, 5) is 10.1. The van der Waals surface area contributed by atoms with E-state index in [2.05, 4.69) is 68.0 Å². The standard InChI is InChI=1S/C27H24N4S/c1-3-8-22(9-4-1)23-12-14-24(15-13-23)26-20-32-27(29-25-10-5-2-6-11-25)31(26)18-7-17-30-19-16-28-21-30/h1-6,8-16,19-21H,7,17-18H2. The molecule has 0 bridgehead atoms. The van der Waals surface area contributed by atoms with Crippen molar-refractivity contribution in [2.45, 2.75) is 19.5 Å². The van der Waals surface area contributed by atoms with E-state index in [1.807, 2.05) is 55.1 Å². The number of imidazole rings is 1. The molecule has 4 nitrogen and oxygen atoms in total. The van der Waals surface area contributed by atoms with Crippen molar-refractivity contribution in [3.8, 4) is 22.4 Å². The molecule has 5 rings (SSSR count). The van der Waals surface area contributed by atoms with E-state index in [1.54, 1.807) is 11.3 Å². The third-order valence-electron chi connectivity index (χ3n) is 5.42. The molecule has 0 amide bonds. The first-order chi connectivity index (χ1) is 15.9. The second-order valence-corrected chi connectivity index (χ2v) is 8.44. The Kier molecular flexibility index (Phi) is 6.08. The van der Waals surface area contributed by atoms with Gasteiger partial charge in [-0.25, -0.2) is 9.98 Å². The predicted molar refractivity (Wildman–Crippen MR) is 132 cm³/mol. The van der Waals surface area contributed by atoms with Crippen LogP contribution in [0.15, 0.2) is 114 Å². The molecule has 0 N–H and O–H groups in total. The van der Waals surface area contributed by atoms with Gasteiger partial charge in [-0.15, -0.1) is 11.3 Å². The summed E-state index contributed by atoms with van der Waals surface area (Å²) >= 11 is 1.69. The van der Waals surface area contributed by atoms with Crippen molar-refractivity contribution < 1.29 is 0 Å². The number of para-hydroxylation sites is 1. The maximum absolute atomic E-state index is 4.93. The molecule has 0 spiro atoms. The van der Waals surface area contributed by atoms with Crippen LogP contribution in [-0.4, -0.2) is 14.1 Å². The first-order valence-electron chi connectivity index (χ1n) is 10.8. The summed E-state index contributed by atoms with van der Waals surface area (Å²) in [6.45, 7) is 1.82. The van der Waals surface area contributed by atoms with E-state index >= 15 is 0 Å². The minimum Gasteiger partial charge on any atom is -0.337 e. The summed E-state index contributed by atoms with van der Waals surface area (Å²) in [6, 6.07) is 29.5. The van der Waals surface area contributed by atoms with E-state index in [4.69, 9.17) is 4.99 Å². The van der Waals surface area contributed by atoms with Crippen LogP contribution in [0, 0.1) is 0 Å². The minimum atomic E-state index is 0.892. The van der Waals surface area contributed by atoms with E-state index in [9.17, 15) is 0 Å². The summed E-state index contributed by atoms with van der Waals surface area (Å²) in [5, 5.41) is 2.22. The third kappa shape index (κ3) is 4.63. The van der Waals surface area contributed by atoms with Gasteiger partial charge in [0.05, 0.1) is 17.7 Å². The summed E-state index contributed by atoms with van der Waals surface area (Å²) in [5.41, 5.74) is 5.85. The van der Waals surface area contributed by atoms with Crippen LogP contribution in [-0.2, 0) is 13.1 Å². The lowest BCUT2D eigenvalue weighted by Crippen LogP contribution is -2.17. The first kappa shape index (κ1) is 20.2. The number of hydrogen-bond acceptors (Lipinski definition) is 3. The summed E-state index contributed by atoms with van der Waals surface area (Å²) in [6.07, 6.45) is 6.71. The van der Waals surface area contributed by atoms with Crippen LogP contribution in [0.4, 0.5) is 5.69 Å². The lowest BCUT2D eigenvalue weighted by Gasteiger charge is -2.11. The Bertz CT molecular complexity index is 1320. The van der Waals surface area contributed by atoms with Gasteiger partial charge in [0.2, 0.25) is 0 Å². The highest BCUT2D eigenvalue weighted by Gasteiger charge is 2.09. The fourth-order valence-electron chi connectivity index (χ4n) is 3.77. The highest BCUT2D eigenvalue weighted by Crippen LogP contribution is 2.26. The Hall–Kier alpha value is -3.70. The minimum absolute atomic E-state index is 0.892. The SMILES string of the molecule is c1ccc(N=c2scc(-c3ccc(-c4ccccc4)cc3)n2CCCn2ccnc2)cc1. The molecule has 0 atom stereocenters. The van der Waals surface area contributed by atoms with E-state index < -0.39 is 0 Å². The summed E-state index contributed by atoms with van der Waals surface area (Å²) in [5.74, 6) is 0. The smallest absolute Gasteiger partial charge is 0.190 e. The average Bonchev–Trinajstić information content (AvgIpc) is 3.51. The van der Waals surface area contributed by atoms with E-state index in [0.717, 1.165) is 30.0 Å². The molecule has 0 saturated heterocycles. The number of nitrogens with zero attached hydrogens (tertiary/aromatic N) is 4.